The summed E-state index contributed by atoms with van der Waals surface area (Å²) < 4.78 is 0. The number of fused-ring (bicyclic) bond motifs is 1. The van der Waals surface area contributed by atoms with Crippen molar-refractivity contribution < 1.29 is 4.79 Å². The molecule has 0 saturated carbocycles. The standard InChI is InChI=1S/C14H20N2O/c1-14(2,3)16-13(17)12-11-7-5-4-6-10(11)8-9-15-12/h4-7,12,15H,8-9H2,1-3H3,(H,16,17)/t12-/m0/s1. The molecule has 1 amide bonds. The normalized spacial score (nSPS) is 19.6. The zero-order valence-electron chi connectivity index (χ0n) is 10.7. The molecule has 1 aliphatic heterocycles. The van der Waals surface area contributed by atoms with Crippen molar-refractivity contribution in [1.29, 1.82) is 0 Å². The van der Waals surface area contributed by atoms with Gasteiger partial charge in [-0.05, 0) is 38.3 Å². The highest BCUT2D eigenvalue weighted by Gasteiger charge is 2.27. The van der Waals surface area contributed by atoms with Crippen LogP contribution in [0.5, 0.6) is 0 Å². The van der Waals surface area contributed by atoms with Gasteiger partial charge in [-0.25, -0.2) is 0 Å². The molecular formula is C14H20N2O. The van der Waals surface area contributed by atoms with E-state index in [1.54, 1.807) is 0 Å². The predicted molar refractivity (Wildman–Crippen MR) is 68.8 cm³/mol. The summed E-state index contributed by atoms with van der Waals surface area (Å²) in [7, 11) is 0. The van der Waals surface area contributed by atoms with Gasteiger partial charge in [0.1, 0.15) is 6.04 Å². The van der Waals surface area contributed by atoms with Gasteiger partial charge in [-0.15, -0.1) is 0 Å². The minimum Gasteiger partial charge on any atom is -0.350 e. The molecule has 0 spiro atoms. The van der Waals surface area contributed by atoms with Crippen LogP contribution in [0.3, 0.4) is 0 Å². The van der Waals surface area contributed by atoms with Crippen molar-refractivity contribution in [1.82, 2.24) is 10.6 Å². The third-order valence-electron chi connectivity index (χ3n) is 2.87. The molecule has 0 aliphatic carbocycles. The number of carbonyl (C=O) groups is 1. The van der Waals surface area contributed by atoms with E-state index < -0.39 is 0 Å². The minimum absolute atomic E-state index is 0.0599. The number of rotatable bonds is 1. The largest absolute Gasteiger partial charge is 0.350 e. The van der Waals surface area contributed by atoms with E-state index >= 15 is 0 Å². The smallest absolute Gasteiger partial charge is 0.242 e. The Kier molecular flexibility index (Phi) is 3.20. The van der Waals surface area contributed by atoms with Gasteiger partial charge in [-0.1, -0.05) is 24.3 Å². The molecule has 1 aliphatic rings. The Morgan fingerprint density at radius 3 is 2.76 bits per heavy atom. The number of benzene rings is 1. The molecule has 0 fully saturated rings. The van der Waals surface area contributed by atoms with Gasteiger partial charge in [0.2, 0.25) is 5.91 Å². The Morgan fingerprint density at radius 2 is 2.06 bits per heavy atom. The van der Waals surface area contributed by atoms with Gasteiger partial charge >= 0.3 is 0 Å². The third-order valence-corrected chi connectivity index (χ3v) is 2.87. The summed E-state index contributed by atoms with van der Waals surface area (Å²) in [4.78, 5) is 12.2. The molecule has 0 radical (unpaired) electrons. The summed E-state index contributed by atoms with van der Waals surface area (Å²) in [6.07, 6.45) is 0.996. The number of carbonyl (C=O) groups excluding carboxylic acids is 1. The molecule has 92 valence electrons. The lowest BCUT2D eigenvalue weighted by molar-refractivity contribution is -0.124. The molecule has 1 aromatic rings. The quantitative estimate of drug-likeness (QED) is 0.775. The average Bonchev–Trinajstić information content (AvgIpc) is 2.26. The van der Waals surface area contributed by atoms with Crippen molar-refractivity contribution in [3.05, 3.63) is 35.4 Å². The van der Waals surface area contributed by atoms with E-state index in [1.165, 1.54) is 5.56 Å². The second-order valence-corrected chi connectivity index (χ2v) is 5.58. The van der Waals surface area contributed by atoms with E-state index in [-0.39, 0.29) is 17.5 Å². The molecule has 2 rings (SSSR count). The van der Waals surface area contributed by atoms with E-state index in [2.05, 4.69) is 16.7 Å². The first-order valence-electron chi connectivity index (χ1n) is 6.10. The average molecular weight is 232 g/mol. The fourth-order valence-electron chi connectivity index (χ4n) is 2.18. The zero-order valence-corrected chi connectivity index (χ0v) is 10.7. The number of nitrogens with one attached hydrogen (secondary N) is 2. The minimum atomic E-state index is -0.209. The Hall–Kier alpha value is -1.35. The van der Waals surface area contributed by atoms with Gasteiger partial charge in [0, 0.05) is 12.1 Å². The Labute approximate surface area is 103 Å². The van der Waals surface area contributed by atoms with Crippen LogP contribution in [0.15, 0.2) is 24.3 Å². The first-order valence-corrected chi connectivity index (χ1v) is 6.10. The fraction of sp³-hybridized carbons (Fsp3) is 0.500. The maximum atomic E-state index is 12.2. The lowest BCUT2D eigenvalue weighted by atomic mass is 9.93. The van der Waals surface area contributed by atoms with Crippen LogP contribution in [0.2, 0.25) is 0 Å². The van der Waals surface area contributed by atoms with Crippen LogP contribution < -0.4 is 10.6 Å². The molecule has 3 nitrogen and oxygen atoms in total. The summed E-state index contributed by atoms with van der Waals surface area (Å²) in [6, 6.07) is 7.95. The molecule has 1 atom stereocenters. The first-order chi connectivity index (χ1) is 7.97. The number of hydrogen-bond donors (Lipinski definition) is 2. The number of hydrogen-bond acceptors (Lipinski definition) is 2. The van der Waals surface area contributed by atoms with Crippen LogP contribution in [-0.2, 0) is 11.2 Å². The van der Waals surface area contributed by atoms with Crippen LogP contribution in [0, 0.1) is 0 Å². The zero-order chi connectivity index (χ0) is 12.5. The maximum Gasteiger partial charge on any atom is 0.242 e. The first kappa shape index (κ1) is 12.1. The summed E-state index contributed by atoms with van der Waals surface area (Å²) in [5.74, 6) is 0.0599. The molecule has 0 saturated heterocycles. The maximum absolute atomic E-state index is 12.2. The summed E-state index contributed by atoms with van der Waals surface area (Å²) in [5, 5.41) is 6.31. The molecular weight excluding hydrogens is 212 g/mol. The number of amides is 1. The van der Waals surface area contributed by atoms with Crippen LogP contribution in [-0.4, -0.2) is 18.0 Å². The van der Waals surface area contributed by atoms with Crippen molar-refractivity contribution in [2.75, 3.05) is 6.54 Å². The van der Waals surface area contributed by atoms with E-state index in [0.717, 1.165) is 18.5 Å². The summed E-state index contributed by atoms with van der Waals surface area (Å²) >= 11 is 0. The van der Waals surface area contributed by atoms with E-state index in [1.807, 2.05) is 39.0 Å². The molecule has 1 heterocycles. The van der Waals surface area contributed by atoms with Crippen molar-refractivity contribution in [3.63, 3.8) is 0 Å². The van der Waals surface area contributed by atoms with Crippen LogP contribution >= 0.6 is 0 Å². The van der Waals surface area contributed by atoms with E-state index in [4.69, 9.17) is 0 Å². The van der Waals surface area contributed by atoms with Gasteiger partial charge in [0.15, 0.2) is 0 Å². The molecule has 0 aromatic heterocycles. The second kappa shape index (κ2) is 4.49. The summed E-state index contributed by atoms with van der Waals surface area (Å²) in [6.45, 7) is 6.86. The predicted octanol–water partition coefficient (Wildman–Crippen LogP) is 1.79. The van der Waals surface area contributed by atoms with Gasteiger partial charge in [0.05, 0.1) is 0 Å². The monoisotopic (exact) mass is 232 g/mol. The van der Waals surface area contributed by atoms with E-state index in [0.29, 0.717) is 0 Å². The molecule has 2 N–H and O–H groups in total. The molecule has 0 unspecified atom stereocenters. The van der Waals surface area contributed by atoms with Crippen LogP contribution in [0.25, 0.3) is 0 Å². The van der Waals surface area contributed by atoms with Gasteiger partial charge < -0.3 is 10.6 Å². The molecule has 1 aromatic carbocycles. The van der Waals surface area contributed by atoms with E-state index in [9.17, 15) is 4.79 Å². The van der Waals surface area contributed by atoms with Crippen molar-refractivity contribution >= 4 is 5.91 Å². The highest BCUT2D eigenvalue weighted by atomic mass is 16.2. The van der Waals surface area contributed by atoms with Crippen LogP contribution in [0.4, 0.5) is 0 Å². The Bertz CT molecular complexity index is 420. The highest BCUT2D eigenvalue weighted by Crippen LogP contribution is 2.23. The highest BCUT2D eigenvalue weighted by molar-refractivity contribution is 5.84. The molecule has 3 heteroatoms. The summed E-state index contributed by atoms with van der Waals surface area (Å²) in [5.41, 5.74) is 2.20. The van der Waals surface area contributed by atoms with Gasteiger partial charge in [-0.3, -0.25) is 4.79 Å². The van der Waals surface area contributed by atoms with Crippen LogP contribution in [0.1, 0.15) is 37.9 Å². The lowest BCUT2D eigenvalue weighted by Crippen LogP contribution is -2.48. The van der Waals surface area contributed by atoms with Crippen molar-refractivity contribution in [3.8, 4) is 0 Å². The van der Waals surface area contributed by atoms with Gasteiger partial charge in [0.25, 0.3) is 0 Å². The topological polar surface area (TPSA) is 41.1 Å². The Morgan fingerprint density at radius 1 is 1.35 bits per heavy atom. The second-order valence-electron chi connectivity index (χ2n) is 5.58. The lowest BCUT2D eigenvalue weighted by Gasteiger charge is -2.29. The molecule has 17 heavy (non-hydrogen) atoms. The Balaban J connectivity index is 2.21. The SMILES string of the molecule is CC(C)(C)NC(=O)[C@H]1NCCc2ccccc21. The third kappa shape index (κ3) is 2.86. The fourth-order valence-corrected chi connectivity index (χ4v) is 2.18. The van der Waals surface area contributed by atoms with Crippen molar-refractivity contribution in [2.24, 2.45) is 0 Å². The molecule has 0 bridgehead atoms. The van der Waals surface area contributed by atoms with Crippen molar-refractivity contribution in [2.45, 2.75) is 38.8 Å². The van der Waals surface area contributed by atoms with Gasteiger partial charge in [-0.2, -0.15) is 0 Å².